The average molecular weight is 411 g/mol. The molecule has 1 aliphatic rings. The van der Waals surface area contributed by atoms with Crippen LogP contribution in [-0.2, 0) is 9.59 Å². The number of aromatic nitrogens is 2. The Balaban J connectivity index is 1.42. The summed E-state index contributed by atoms with van der Waals surface area (Å²) in [4.78, 5) is 26.8. The van der Waals surface area contributed by atoms with Crippen molar-refractivity contribution in [2.75, 3.05) is 23.4 Å². The monoisotopic (exact) mass is 410 g/mol. The Kier molecular flexibility index (Phi) is 5.48. The maximum atomic E-state index is 12.7. The fourth-order valence-electron chi connectivity index (χ4n) is 3.22. The summed E-state index contributed by atoms with van der Waals surface area (Å²) in [6, 6.07) is 14.4. The van der Waals surface area contributed by atoms with E-state index in [2.05, 4.69) is 10.4 Å². The number of hydrogen-bond donors (Lipinski definition) is 1. The van der Waals surface area contributed by atoms with Gasteiger partial charge < -0.3 is 15.0 Å². The molecule has 148 valence electrons. The van der Waals surface area contributed by atoms with Gasteiger partial charge in [-0.05, 0) is 36.4 Å². The molecule has 3 aromatic rings. The van der Waals surface area contributed by atoms with Crippen molar-refractivity contribution in [1.29, 1.82) is 0 Å². The number of halogens is 1. The molecule has 0 spiro atoms. The number of carbonyl (C=O) groups is 2. The molecule has 0 fully saturated rings. The lowest BCUT2D eigenvalue weighted by molar-refractivity contribution is -0.122. The van der Waals surface area contributed by atoms with Gasteiger partial charge in [0, 0.05) is 30.3 Å². The van der Waals surface area contributed by atoms with Crippen molar-refractivity contribution in [2.45, 2.75) is 12.8 Å². The Morgan fingerprint density at radius 2 is 1.97 bits per heavy atom. The van der Waals surface area contributed by atoms with E-state index >= 15 is 0 Å². The van der Waals surface area contributed by atoms with Gasteiger partial charge in [0.25, 0.3) is 0 Å². The minimum absolute atomic E-state index is 0.0589. The highest BCUT2D eigenvalue weighted by atomic mass is 35.5. The van der Waals surface area contributed by atoms with E-state index in [0.717, 1.165) is 5.69 Å². The van der Waals surface area contributed by atoms with E-state index in [-0.39, 0.29) is 24.7 Å². The minimum atomic E-state index is -0.268. The highest BCUT2D eigenvalue weighted by Gasteiger charge is 2.23. The highest BCUT2D eigenvalue weighted by Crippen LogP contribution is 2.31. The molecule has 0 atom stereocenters. The van der Waals surface area contributed by atoms with Crippen LogP contribution in [0.2, 0.25) is 5.02 Å². The average Bonchev–Trinajstić information content (AvgIpc) is 3.26. The summed E-state index contributed by atoms with van der Waals surface area (Å²) in [5, 5.41) is 7.53. The van der Waals surface area contributed by atoms with Crippen LogP contribution in [0.25, 0.3) is 5.69 Å². The van der Waals surface area contributed by atoms with Gasteiger partial charge in [-0.3, -0.25) is 9.59 Å². The second-order valence-corrected chi connectivity index (χ2v) is 6.96. The van der Waals surface area contributed by atoms with Crippen LogP contribution < -0.4 is 15.0 Å². The number of amides is 2. The Labute approximate surface area is 172 Å². The number of fused-ring (bicyclic) bond motifs is 1. The third-order valence-electron chi connectivity index (χ3n) is 4.58. The molecule has 7 nitrogen and oxygen atoms in total. The second kappa shape index (κ2) is 8.36. The first-order valence-electron chi connectivity index (χ1n) is 9.23. The molecule has 4 rings (SSSR count). The van der Waals surface area contributed by atoms with Gasteiger partial charge in [0.05, 0.1) is 23.6 Å². The van der Waals surface area contributed by atoms with Crippen molar-refractivity contribution in [1.82, 2.24) is 9.78 Å². The maximum absolute atomic E-state index is 12.7. The van der Waals surface area contributed by atoms with E-state index in [9.17, 15) is 9.59 Å². The largest absolute Gasteiger partial charge is 0.490 e. The summed E-state index contributed by atoms with van der Waals surface area (Å²) in [7, 11) is 0. The predicted molar refractivity (Wildman–Crippen MR) is 111 cm³/mol. The summed E-state index contributed by atoms with van der Waals surface area (Å²) in [6.45, 7) is 0.903. The smallest absolute Gasteiger partial charge is 0.227 e. The lowest BCUT2D eigenvalue weighted by Crippen LogP contribution is -2.38. The number of para-hydroxylation sites is 2. The van der Waals surface area contributed by atoms with E-state index in [0.29, 0.717) is 35.3 Å². The van der Waals surface area contributed by atoms with Crippen LogP contribution in [0.1, 0.15) is 12.8 Å². The number of nitrogens with zero attached hydrogens (tertiary/aromatic N) is 3. The molecular weight excluding hydrogens is 392 g/mol. The number of anilines is 2. The molecule has 0 radical (unpaired) electrons. The summed E-state index contributed by atoms with van der Waals surface area (Å²) in [5.41, 5.74) is 1.97. The molecule has 0 bridgehead atoms. The third kappa shape index (κ3) is 4.25. The summed E-state index contributed by atoms with van der Waals surface area (Å²) in [6.07, 6.45) is 3.58. The summed E-state index contributed by atoms with van der Waals surface area (Å²) < 4.78 is 7.21. The molecule has 8 heteroatoms. The number of benzene rings is 2. The van der Waals surface area contributed by atoms with E-state index in [1.807, 2.05) is 24.3 Å². The quantitative estimate of drug-likeness (QED) is 0.696. The van der Waals surface area contributed by atoms with Crippen LogP contribution in [0.5, 0.6) is 5.75 Å². The summed E-state index contributed by atoms with van der Waals surface area (Å²) in [5.74, 6) is 0.296. The van der Waals surface area contributed by atoms with Gasteiger partial charge in [-0.1, -0.05) is 23.7 Å². The van der Waals surface area contributed by atoms with Crippen molar-refractivity contribution < 1.29 is 14.3 Å². The molecule has 0 unspecified atom stereocenters. The van der Waals surface area contributed by atoms with Gasteiger partial charge in [0.2, 0.25) is 11.8 Å². The first kappa shape index (κ1) is 19.0. The Bertz CT molecular complexity index is 1040. The Morgan fingerprint density at radius 3 is 2.79 bits per heavy atom. The van der Waals surface area contributed by atoms with Gasteiger partial charge in [-0.25, -0.2) is 4.68 Å². The molecule has 1 aliphatic heterocycles. The van der Waals surface area contributed by atoms with Gasteiger partial charge in [-0.2, -0.15) is 5.10 Å². The van der Waals surface area contributed by atoms with Gasteiger partial charge >= 0.3 is 0 Å². The lowest BCUT2D eigenvalue weighted by atomic mass is 10.2. The standard InChI is InChI=1S/C21H19ClN4O3/c22-15-6-7-17(26-11-3-10-23-26)16(14-15)24-20(27)8-9-21(28)25-12-13-29-19-5-2-1-4-18(19)25/h1-7,10-11,14H,8-9,12-13H2,(H,24,27). The highest BCUT2D eigenvalue weighted by molar-refractivity contribution is 6.31. The van der Waals surface area contributed by atoms with E-state index in [4.69, 9.17) is 16.3 Å². The van der Waals surface area contributed by atoms with Gasteiger partial charge in [-0.15, -0.1) is 0 Å². The fourth-order valence-corrected chi connectivity index (χ4v) is 3.39. The van der Waals surface area contributed by atoms with E-state index < -0.39 is 0 Å². The molecule has 0 saturated heterocycles. The molecule has 2 heterocycles. The zero-order valence-corrected chi connectivity index (χ0v) is 16.3. The van der Waals surface area contributed by atoms with Crippen LogP contribution in [0, 0.1) is 0 Å². The fraction of sp³-hybridized carbons (Fsp3) is 0.190. The predicted octanol–water partition coefficient (Wildman–Crippen LogP) is 3.67. The molecule has 1 N–H and O–H groups in total. The molecule has 29 heavy (non-hydrogen) atoms. The number of hydrogen-bond acceptors (Lipinski definition) is 4. The topological polar surface area (TPSA) is 76.5 Å². The van der Waals surface area contributed by atoms with Gasteiger partial charge in [0.15, 0.2) is 0 Å². The molecule has 2 aromatic carbocycles. The van der Waals surface area contributed by atoms with Crippen molar-refractivity contribution in [3.05, 3.63) is 65.9 Å². The van der Waals surface area contributed by atoms with Crippen LogP contribution >= 0.6 is 11.6 Å². The van der Waals surface area contributed by atoms with Crippen molar-refractivity contribution in [2.24, 2.45) is 0 Å². The van der Waals surface area contributed by atoms with Crippen LogP contribution in [0.4, 0.5) is 11.4 Å². The SMILES string of the molecule is O=C(CCC(=O)N1CCOc2ccccc21)Nc1cc(Cl)ccc1-n1cccn1. The molecule has 1 aromatic heterocycles. The van der Waals surface area contributed by atoms with E-state index in [1.54, 1.807) is 46.2 Å². The lowest BCUT2D eigenvalue weighted by Gasteiger charge is -2.29. The normalized spacial score (nSPS) is 12.8. The zero-order valence-electron chi connectivity index (χ0n) is 15.5. The molecule has 0 aliphatic carbocycles. The van der Waals surface area contributed by atoms with Crippen LogP contribution in [0.3, 0.4) is 0 Å². The van der Waals surface area contributed by atoms with Crippen molar-refractivity contribution in [3.8, 4) is 11.4 Å². The number of nitrogens with one attached hydrogen (secondary N) is 1. The molecular formula is C21H19ClN4O3. The number of rotatable bonds is 5. The Hall–Kier alpha value is -3.32. The maximum Gasteiger partial charge on any atom is 0.227 e. The van der Waals surface area contributed by atoms with E-state index in [1.165, 1.54) is 0 Å². The van der Waals surface area contributed by atoms with Crippen molar-refractivity contribution in [3.63, 3.8) is 0 Å². The Morgan fingerprint density at radius 1 is 1.10 bits per heavy atom. The zero-order chi connectivity index (χ0) is 20.2. The number of ether oxygens (including phenoxy) is 1. The van der Waals surface area contributed by atoms with Crippen molar-refractivity contribution >= 4 is 34.8 Å². The first-order chi connectivity index (χ1) is 14.1. The number of carbonyl (C=O) groups excluding carboxylic acids is 2. The molecule has 2 amide bonds. The first-order valence-corrected chi connectivity index (χ1v) is 9.61. The van der Waals surface area contributed by atoms with Crippen LogP contribution in [0.15, 0.2) is 60.9 Å². The van der Waals surface area contributed by atoms with Gasteiger partial charge in [0.1, 0.15) is 12.4 Å². The molecule has 0 saturated carbocycles. The minimum Gasteiger partial charge on any atom is -0.490 e. The third-order valence-corrected chi connectivity index (χ3v) is 4.81. The summed E-state index contributed by atoms with van der Waals surface area (Å²) >= 11 is 6.09. The van der Waals surface area contributed by atoms with Crippen LogP contribution in [-0.4, -0.2) is 34.7 Å². The second-order valence-electron chi connectivity index (χ2n) is 6.52.